The molecule has 23 heavy (non-hydrogen) atoms. The molecule has 2 heterocycles. The van der Waals surface area contributed by atoms with Crippen LogP contribution < -0.4 is 15.0 Å². The molecule has 0 saturated carbocycles. The van der Waals surface area contributed by atoms with E-state index in [1.165, 1.54) is 12.5 Å². The molecule has 0 saturated heterocycles. The standard InChI is InChI=1S/C16H17N3O4/c1-22-13-5-10-3-4-19(8-11(10)6-14(13)23-2)16(21)12-7-17-9-18-15(12)20/h5-7,9H,3-4,8H2,1-2H3,(H,17,18,20). The van der Waals surface area contributed by atoms with Gasteiger partial charge in [-0.25, -0.2) is 4.98 Å². The van der Waals surface area contributed by atoms with Gasteiger partial charge < -0.3 is 19.4 Å². The monoisotopic (exact) mass is 315 g/mol. The second-order valence-corrected chi connectivity index (χ2v) is 5.25. The zero-order valence-corrected chi connectivity index (χ0v) is 13.0. The lowest BCUT2D eigenvalue weighted by molar-refractivity contribution is 0.0732. The molecule has 0 aliphatic carbocycles. The molecule has 0 radical (unpaired) electrons. The maximum atomic E-state index is 12.5. The summed E-state index contributed by atoms with van der Waals surface area (Å²) >= 11 is 0. The summed E-state index contributed by atoms with van der Waals surface area (Å²) in [7, 11) is 3.17. The molecular weight excluding hydrogens is 298 g/mol. The maximum absolute atomic E-state index is 12.5. The summed E-state index contributed by atoms with van der Waals surface area (Å²) in [6.45, 7) is 0.957. The van der Waals surface area contributed by atoms with Crippen molar-refractivity contribution >= 4 is 5.91 Å². The Labute approximate surface area is 132 Å². The van der Waals surface area contributed by atoms with Gasteiger partial charge in [0.05, 0.1) is 20.5 Å². The largest absolute Gasteiger partial charge is 0.493 e. The van der Waals surface area contributed by atoms with Crippen LogP contribution in [0.15, 0.2) is 29.5 Å². The summed E-state index contributed by atoms with van der Waals surface area (Å²) in [6.07, 6.45) is 3.26. The smallest absolute Gasteiger partial charge is 0.263 e. The average molecular weight is 315 g/mol. The zero-order valence-electron chi connectivity index (χ0n) is 13.0. The van der Waals surface area contributed by atoms with Crippen LogP contribution in [0.1, 0.15) is 21.5 Å². The van der Waals surface area contributed by atoms with E-state index < -0.39 is 5.56 Å². The Bertz CT molecular complexity index is 800. The maximum Gasteiger partial charge on any atom is 0.263 e. The van der Waals surface area contributed by atoms with Crippen molar-refractivity contribution in [2.24, 2.45) is 0 Å². The van der Waals surface area contributed by atoms with E-state index in [2.05, 4.69) is 9.97 Å². The van der Waals surface area contributed by atoms with Crippen LogP contribution in [0.25, 0.3) is 0 Å². The number of rotatable bonds is 3. The van der Waals surface area contributed by atoms with Crippen LogP contribution in [-0.4, -0.2) is 41.5 Å². The van der Waals surface area contributed by atoms with Crippen molar-refractivity contribution in [2.75, 3.05) is 20.8 Å². The van der Waals surface area contributed by atoms with Crippen LogP contribution in [0.2, 0.25) is 0 Å². The van der Waals surface area contributed by atoms with Gasteiger partial charge in [-0.15, -0.1) is 0 Å². The topological polar surface area (TPSA) is 84.5 Å². The molecular formula is C16H17N3O4. The molecule has 0 spiro atoms. The first-order valence-corrected chi connectivity index (χ1v) is 7.19. The first kappa shape index (κ1) is 15.1. The van der Waals surface area contributed by atoms with E-state index in [9.17, 15) is 9.59 Å². The highest BCUT2D eigenvalue weighted by atomic mass is 16.5. The Morgan fingerprint density at radius 1 is 1.22 bits per heavy atom. The highest BCUT2D eigenvalue weighted by Gasteiger charge is 2.25. The van der Waals surface area contributed by atoms with Crippen LogP contribution in [0.5, 0.6) is 11.5 Å². The number of benzene rings is 1. The highest BCUT2D eigenvalue weighted by molar-refractivity contribution is 5.93. The number of hydrogen-bond donors (Lipinski definition) is 1. The van der Waals surface area contributed by atoms with Crippen LogP contribution in [0, 0.1) is 0 Å². The molecule has 1 aliphatic heterocycles. The molecule has 0 fully saturated rings. The van der Waals surface area contributed by atoms with E-state index in [4.69, 9.17) is 9.47 Å². The minimum Gasteiger partial charge on any atom is -0.493 e. The summed E-state index contributed by atoms with van der Waals surface area (Å²) in [5.41, 5.74) is 1.73. The van der Waals surface area contributed by atoms with Crippen LogP contribution in [0.4, 0.5) is 0 Å². The van der Waals surface area contributed by atoms with Crippen molar-refractivity contribution in [3.8, 4) is 11.5 Å². The van der Waals surface area contributed by atoms with Crippen molar-refractivity contribution in [1.29, 1.82) is 0 Å². The van der Waals surface area contributed by atoms with Crippen molar-refractivity contribution in [3.05, 3.63) is 51.7 Å². The fourth-order valence-corrected chi connectivity index (χ4v) is 2.72. The molecule has 0 bridgehead atoms. The number of hydrogen-bond acceptors (Lipinski definition) is 5. The van der Waals surface area contributed by atoms with Gasteiger partial charge in [0.25, 0.3) is 11.5 Å². The SMILES string of the molecule is COc1cc2c(cc1OC)CN(C(=O)c1cnc[nH]c1=O)CC2. The van der Waals surface area contributed by atoms with Crippen LogP contribution in [0.3, 0.4) is 0 Å². The van der Waals surface area contributed by atoms with E-state index in [-0.39, 0.29) is 11.5 Å². The van der Waals surface area contributed by atoms with Crippen molar-refractivity contribution in [1.82, 2.24) is 14.9 Å². The van der Waals surface area contributed by atoms with Gasteiger partial charge in [-0.1, -0.05) is 0 Å². The second kappa shape index (κ2) is 6.12. The Morgan fingerprint density at radius 3 is 2.57 bits per heavy atom. The first-order valence-electron chi connectivity index (χ1n) is 7.19. The van der Waals surface area contributed by atoms with Gasteiger partial charge in [0, 0.05) is 19.3 Å². The number of nitrogens with zero attached hydrogens (tertiary/aromatic N) is 2. The normalized spacial score (nSPS) is 13.4. The molecule has 1 aromatic carbocycles. The van der Waals surface area contributed by atoms with E-state index in [0.717, 1.165) is 11.1 Å². The fraction of sp³-hybridized carbons (Fsp3) is 0.312. The summed E-state index contributed by atoms with van der Waals surface area (Å²) < 4.78 is 10.6. The molecule has 1 amide bonds. The quantitative estimate of drug-likeness (QED) is 0.913. The Kier molecular flexibility index (Phi) is 4.01. The Morgan fingerprint density at radius 2 is 1.91 bits per heavy atom. The Balaban J connectivity index is 1.89. The number of aromatic amines is 1. The first-order chi connectivity index (χ1) is 11.1. The van der Waals surface area contributed by atoms with Crippen molar-refractivity contribution < 1.29 is 14.3 Å². The van der Waals surface area contributed by atoms with Gasteiger partial charge in [-0.2, -0.15) is 0 Å². The third kappa shape index (κ3) is 2.77. The number of carbonyl (C=O) groups excluding carboxylic acids is 1. The summed E-state index contributed by atoms with van der Waals surface area (Å²) in [5, 5.41) is 0. The van der Waals surface area contributed by atoms with Gasteiger partial charge in [0.1, 0.15) is 5.56 Å². The zero-order chi connectivity index (χ0) is 16.4. The number of methoxy groups -OCH3 is 2. The second-order valence-electron chi connectivity index (χ2n) is 5.25. The molecule has 2 aromatic rings. The number of carbonyl (C=O) groups is 1. The molecule has 7 heteroatoms. The number of aromatic nitrogens is 2. The molecule has 7 nitrogen and oxygen atoms in total. The van der Waals surface area contributed by atoms with E-state index in [1.807, 2.05) is 12.1 Å². The number of H-pyrrole nitrogens is 1. The molecule has 3 rings (SSSR count). The average Bonchev–Trinajstić information content (AvgIpc) is 2.59. The van der Waals surface area contributed by atoms with Crippen LogP contribution in [-0.2, 0) is 13.0 Å². The van der Waals surface area contributed by atoms with Crippen molar-refractivity contribution in [3.63, 3.8) is 0 Å². The lowest BCUT2D eigenvalue weighted by atomic mass is 9.98. The van der Waals surface area contributed by atoms with E-state index in [1.54, 1.807) is 19.1 Å². The lowest BCUT2D eigenvalue weighted by Crippen LogP contribution is -2.38. The Hall–Kier alpha value is -2.83. The van der Waals surface area contributed by atoms with Gasteiger partial charge in [0.2, 0.25) is 0 Å². The molecule has 1 N–H and O–H groups in total. The molecule has 1 aromatic heterocycles. The third-order valence-corrected chi connectivity index (χ3v) is 3.95. The number of nitrogens with one attached hydrogen (secondary N) is 1. The molecule has 0 unspecified atom stereocenters. The predicted octanol–water partition coefficient (Wildman–Crippen LogP) is 0.986. The summed E-state index contributed by atoms with van der Waals surface area (Å²) in [4.78, 5) is 32.1. The minimum absolute atomic E-state index is 0.0522. The highest BCUT2D eigenvalue weighted by Crippen LogP contribution is 2.33. The van der Waals surface area contributed by atoms with E-state index >= 15 is 0 Å². The van der Waals surface area contributed by atoms with Gasteiger partial charge in [-0.3, -0.25) is 9.59 Å². The molecule has 120 valence electrons. The number of fused-ring (bicyclic) bond motifs is 1. The molecule has 0 atom stereocenters. The minimum atomic E-state index is -0.428. The van der Waals surface area contributed by atoms with Crippen molar-refractivity contribution in [2.45, 2.75) is 13.0 Å². The number of amides is 1. The van der Waals surface area contributed by atoms with Gasteiger partial charge in [0.15, 0.2) is 11.5 Å². The van der Waals surface area contributed by atoms with E-state index in [0.29, 0.717) is 31.0 Å². The summed E-state index contributed by atoms with van der Waals surface area (Å²) in [6, 6.07) is 3.81. The van der Waals surface area contributed by atoms with Gasteiger partial charge in [-0.05, 0) is 29.7 Å². The molecule has 1 aliphatic rings. The lowest BCUT2D eigenvalue weighted by Gasteiger charge is -2.29. The van der Waals surface area contributed by atoms with Gasteiger partial charge >= 0.3 is 0 Å². The van der Waals surface area contributed by atoms with Crippen LogP contribution >= 0.6 is 0 Å². The fourth-order valence-electron chi connectivity index (χ4n) is 2.72. The summed E-state index contributed by atoms with van der Waals surface area (Å²) in [5.74, 6) is 0.981. The third-order valence-electron chi connectivity index (χ3n) is 3.95. The predicted molar refractivity (Wildman–Crippen MR) is 82.8 cm³/mol. The number of ether oxygens (including phenoxy) is 2.